The molecule has 0 saturated heterocycles. The Hall–Kier alpha value is -3.08. The minimum Gasteiger partial charge on any atom is -0.508 e. The van der Waals surface area contributed by atoms with E-state index in [1.165, 1.54) is 6.08 Å². The number of ketones is 2. The van der Waals surface area contributed by atoms with Gasteiger partial charge in [-0.3, -0.25) is 9.59 Å². The molecule has 0 aliphatic heterocycles. The first-order chi connectivity index (χ1) is 16.7. The molecule has 0 unspecified atom stereocenters. The molecular formula is C30H34F2O3. The van der Waals surface area contributed by atoms with E-state index in [4.69, 9.17) is 0 Å². The van der Waals surface area contributed by atoms with Gasteiger partial charge in [-0.2, -0.15) is 0 Å². The molecule has 5 heteroatoms. The molecule has 1 N–H and O–H groups in total. The van der Waals surface area contributed by atoms with Crippen molar-refractivity contribution in [1.29, 1.82) is 0 Å². The van der Waals surface area contributed by atoms with Crippen molar-refractivity contribution in [2.45, 2.75) is 49.9 Å². The number of hydrogen-bond donors (Lipinski definition) is 1. The Balaban J connectivity index is 0.000000261. The predicted octanol–water partition coefficient (Wildman–Crippen LogP) is 6.60. The summed E-state index contributed by atoms with van der Waals surface area (Å²) in [6, 6.07) is 7.39. The summed E-state index contributed by atoms with van der Waals surface area (Å²) in [6.07, 6.45) is 13.5. The molecule has 4 aliphatic carbocycles. The summed E-state index contributed by atoms with van der Waals surface area (Å²) in [5.41, 5.74) is -3.27. The second-order valence-electron chi connectivity index (χ2n) is 9.46. The summed E-state index contributed by atoms with van der Waals surface area (Å²) in [6.45, 7) is 10.8. The van der Waals surface area contributed by atoms with E-state index in [0.717, 1.165) is 18.4 Å². The van der Waals surface area contributed by atoms with Crippen LogP contribution in [-0.2, 0) is 16.0 Å². The van der Waals surface area contributed by atoms with Gasteiger partial charge >= 0.3 is 0 Å². The number of benzene rings is 1. The number of rotatable bonds is 9. The summed E-state index contributed by atoms with van der Waals surface area (Å²) in [5.74, 6) is -3.62. The summed E-state index contributed by atoms with van der Waals surface area (Å²) >= 11 is 0. The molecule has 6 atom stereocenters. The van der Waals surface area contributed by atoms with Crippen LogP contribution in [0.5, 0.6) is 5.75 Å². The monoisotopic (exact) mass is 480 g/mol. The van der Waals surface area contributed by atoms with Gasteiger partial charge in [0, 0.05) is 17.8 Å². The quantitative estimate of drug-likeness (QED) is 0.405. The van der Waals surface area contributed by atoms with E-state index in [0.29, 0.717) is 18.6 Å². The van der Waals surface area contributed by atoms with Crippen LogP contribution >= 0.6 is 0 Å². The average Bonchev–Trinajstić information content (AvgIpc) is 2.86. The lowest BCUT2D eigenvalue weighted by atomic mass is 9.49. The van der Waals surface area contributed by atoms with Gasteiger partial charge in [-0.15, -0.1) is 19.7 Å². The van der Waals surface area contributed by atoms with Crippen LogP contribution < -0.4 is 0 Å². The van der Waals surface area contributed by atoms with Crippen LogP contribution in [0.15, 0.2) is 86.5 Å². The third-order valence-electron chi connectivity index (χ3n) is 7.42. The van der Waals surface area contributed by atoms with Crippen molar-refractivity contribution in [2.75, 3.05) is 0 Å². The average molecular weight is 481 g/mol. The van der Waals surface area contributed by atoms with Crippen LogP contribution in [0.1, 0.15) is 37.7 Å². The zero-order valence-corrected chi connectivity index (χ0v) is 20.0. The Kier molecular flexibility index (Phi) is 8.42. The maximum absolute atomic E-state index is 15.8. The lowest BCUT2D eigenvalue weighted by Crippen LogP contribution is -2.65. The van der Waals surface area contributed by atoms with Crippen molar-refractivity contribution >= 4 is 11.6 Å². The van der Waals surface area contributed by atoms with E-state index >= 15 is 8.78 Å². The molecule has 2 bridgehead atoms. The van der Waals surface area contributed by atoms with Crippen LogP contribution in [0.3, 0.4) is 0 Å². The van der Waals surface area contributed by atoms with Crippen molar-refractivity contribution in [3.05, 3.63) is 92.1 Å². The van der Waals surface area contributed by atoms with Gasteiger partial charge in [0.15, 0.2) is 22.9 Å². The van der Waals surface area contributed by atoms with Gasteiger partial charge in [0.2, 0.25) is 0 Å². The number of halogens is 2. The van der Waals surface area contributed by atoms with Gasteiger partial charge in [-0.25, -0.2) is 8.78 Å². The number of Topliss-reactive ketones (excluding diaryl/α,β-unsaturated/α-hetero) is 1. The highest BCUT2D eigenvalue weighted by Crippen LogP contribution is 2.58. The number of carbonyl (C=O) groups excluding carboxylic acids is 2. The lowest BCUT2D eigenvalue weighted by molar-refractivity contribution is -0.162. The van der Waals surface area contributed by atoms with Crippen LogP contribution in [0.4, 0.5) is 8.78 Å². The first-order valence-corrected chi connectivity index (χ1v) is 12.2. The van der Waals surface area contributed by atoms with E-state index < -0.39 is 46.6 Å². The Morgan fingerprint density at radius 2 is 1.51 bits per heavy atom. The minimum absolute atomic E-state index is 0.0144. The van der Waals surface area contributed by atoms with Crippen molar-refractivity contribution in [1.82, 2.24) is 0 Å². The van der Waals surface area contributed by atoms with Crippen molar-refractivity contribution in [2.24, 2.45) is 23.7 Å². The first kappa shape index (κ1) is 26.5. The molecule has 1 fully saturated rings. The molecule has 186 valence electrons. The van der Waals surface area contributed by atoms with Gasteiger partial charge in [0.1, 0.15) is 5.75 Å². The largest absolute Gasteiger partial charge is 0.508 e. The Morgan fingerprint density at radius 1 is 0.886 bits per heavy atom. The van der Waals surface area contributed by atoms with Gasteiger partial charge in [0.25, 0.3) is 0 Å². The van der Waals surface area contributed by atoms with Crippen molar-refractivity contribution in [3.8, 4) is 5.75 Å². The third kappa shape index (κ3) is 5.00. The number of carbonyl (C=O) groups is 2. The predicted molar refractivity (Wildman–Crippen MR) is 135 cm³/mol. The number of phenolic OH excluding ortho intramolecular Hbond substituents is 1. The molecule has 1 aromatic rings. The maximum Gasteiger partial charge on any atom is 0.192 e. The van der Waals surface area contributed by atoms with E-state index in [1.807, 2.05) is 24.3 Å². The molecule has 3 nitrogen and oxygen atoms in total. The number of aromatic hydroxyl groups is 1. The van der Waals surface area contributed by atoms with E-state index in [9.17, 15) is 14.7 Å². The maximum atomic E-state index is 15.8. The highest BCUT2D eigenvalue weighted by atomic mass is 19.1. The molecule has 0 radical (unpaired) electrons. The van der Waals surface area contributed by atoms with Crippen LogP contribution in [-0.4, -0.2) is 28.0 Å². The van der Waals surface area contributed by atoms with Crippen molar-refractivity contribution < 1.29 is 23.5 Å². The van der Waals surface area contributed by atoms with Gasteiger partial charge in [0.05, 0.1) is 0 Å². The van der Waals surface area contributed by atoms with Gasteiger partial charge in [-0.1, -0.05) is 54.7 Å². The number of allylic oxidation sites excluding steroid dienone is 7. The Bertz CT molecular complexity index is 1040. The Labute approximate surface area is 206 Å². The molecule has 4 aliphatic rings. The second-order valence-corrected chi connectivity index (χ2v) is 9.46. The first-order valence-electron chi connectivity index (χ1n) is 12.2. The van der Waals surface area contributed by atoms with Gasteiger partial charge in [-0.05, 0) is 62.1 Å². The lowest BCUT2D eigenvalue weighted by Gasteiger charge is -2.55. The number of para-hydroxylation sites is 1. The van der Waals surface area contributed by atoms with Crippen LogP contribution in [0, 0.1) is 23.7 Å². The highest BCUT2D eigenvalue weighted by Gasteiger charge is 2.67. The molecule has 1 saturated carbocycles. The standard InChI is InChI=1S/C20H22F2O2.C10H12O/c1-3-5-11-19(21)15-9-7-14(18(19)24)13-8-10-16(23)20(22,17(13)15)12-6-4-2;1-2-3-6-9-7-4-5-8-10(9)11/h3-4,7-10,13-15,17H,1-2,5-6,11-12H2;2,4-5,7-8,11H,1,3,6H2/t13-,14+,15-,17-,19+,20-;/m0./s1. The topological polar surface area (TPSA) is 54.4 Å². The number of alkyl halides is 2. The Morgan fingerprint density at radius 3 is 2.14 bits per heavy atom. The number of aryl methyl sites for hydroxylation is 1. The SMILES string of the molecule is C=CCC[C@]1(F)C(=O)C=C[C@@H]2[C@H]1[C@@H]1C=C[C@H]2C(=O)[C@@]1(F)CCC=C.C=CCCc1ccccc1O. The fraction of sp³-hybridized carbons (Fsp3) is 0.400. The molecule has 0 heterocycles. The van der Waals surface area contributed by atoms with Gasteiger partial charge < -0.3 is 5.11 Å². The molecule has 35 heavy (non-hydrogen) atoms. The fourth-order valence-corrected chi connectivity index (χ4v) is 5.61. The zero-order chi connectivity index (χ0) is 25.6. The second kappa shape index (κ2) is 11.1. The smallest absolute Gasteiger partial charge is 0.192 e. The summed E-state index contributed by atoms with van der Waals surface area (Å²) in [4.78, 5) is 25.0. The summed E-state index contributed by atoms with van der Waals surface area (Å²) in [7, 11) is 0. The van der Waals surface area contributed by atoms with Crippen molar-refractivity contribution in [3.63, 3.8) is 0 Å². The molecule has 0 aromatic heterocycles. The van der Waals surface area contributed by atoms with E-state index in [-0.39, 0.29) is 12.8 Å². The number of hydrogen-bond acceptors (Lipinski definition) is 3. The van der Waals surface area contributed by atoms with E-state index in [2.05, 4.69) is 19.7 Å². The molecule has 1 aromatic carbocycles. The summed E-state index contributed by atoms with van der Waals surface area (Å²) in [5, 5.41) is 9.30. The number of fused-ring (bicyclic) bond motifs is 1. The molecule has 5 rings (SSSR count). The minimum atomic E-state index is -2.15. The third-order valence-corrected chi connectivity index (χ3v) is 7.42. The van der Waals surface area contributed by atoms with E-state index in [1.54, 1.807) is 36.4 Å². The zero-order valence-electron chi connectivity index (χ0n) is 20.0. The fourth-order valence-electron chi connectivity index (χ4n) is 5.61. The normalized spacial score (nSPS) is 32.4. The molecule has 0 amide bonds. The number of phenols is 1. The molecule has 0 spiro atoms. The highest BCUT2D eigenvalue weighted by molar-refractivity contribution is 6.01. The molecular weight excluding hydrogens is 446 g/mol. The van der Waals surface area contributed by atoms with Crippen LogP contribution in [0.2, 0.25) is 0 Å². The summed E-state index contributed by atoms with van der Waals surface area (Å²) < 4.78 is 31.4. The van der Waals surface area contributed by atoms with Crippen LogP contribution in [0.25, 0.3) is 0 Å².